The van der Waals surface area contributed by atoms with E-state index in [0.717, 1.165) is 11.0 Å². The van der Waals surface area contributed by atoms with Crippen LogP contribution in [0.3, 0.4) is 0 Å². The standard InChI is InChI=1S/C15H14N2O6S2/c1-24-13-5-7-14(8-6-13)25(22,23)16(10-15(18)19)11-3-2-4-12(9-11)17(20)21/h2-9H,10H2,1H3,(H,18,19). The number of aliphatic carboxylic acids is 1. The van der Waals surface area contributed by atoms with Crippen molar-refractivity contribution < 1.29 is 23.2 Å². The van der Waals surface area contributed by atoms with Crippen LogP contribution in [0.1, 0.15) is 0 Å². The summed E-state index contributed by atoms with van der Waals surface area (Å²) >= 11 is 1.43. The van der Waals surface area contributed by atoms with Crippen molar-refractivity contribution in [3.63, 3.8) is 0 Å². The molecule has 0 saturated carbocycles. The van der Waals surface area contributed by atoms with Crippen LogP contribution in [-0.4, -0.2) is 37.2 Å². The van der Waals surface area contributed by atoms with E-state index in [1.54, 1.807) is 12.1 Å². The van der Waals surface area contributed by atoms with Crippen LogP contribution in [0.4, 0.5) is 11.4 Å². The lowest BCUT2D eigenvalue weighted by Gasteiger charge is -2.22. The van der Waals surface area contributed by atoms with Crippen molar-refractivity contribution in [3.8, 4) is 0 Å². The van der Waals surface area contributed by atoms with E-state index in [-0.39, 0.29) is 16.3 Å². The van der Waals surface area contributed by atoms with Crippen molar-refractivity contribution in [1.82, 2.24) is 0 Å². The van der Waals surface area contributed by atoms with Crippen molar-refractivity contribution in [2.24, 2.45) is 0 Å². The Balaban J connectivity index is 2.53. The van der Waals surface area contributed by atoms with E-state index in [2.05, 4.69) is 0 Å². The quantitative estimate of drug-likeness (QED) is 0.444. The number of thioether (sulfide) groups is 1. The molecule has 2 aromatic rings. The van der Waals surface area contributed by atoms with Gasteiger partial charge in [-0.05, 0) is 36.6 Å². The molecule has 2 aromatic carbocycles. The number of carboxylic acids is 1. The molecule has 2 rings (SSSR count). The number of sulfonamides is 1. The van der Waals surface area contributed by atoms with Gasteiger partial charge in [-0.3, -0.25) is 19.2 Å². The summed E-state index contributed by atoms with van der Waals surface area (Å²) in [6.45, 7) is -0.853. The molecule has 1 N–H and O–H groups in total. The minimum Gasteiger partial charge on any atom is -0.480 e. The summed E-state index contributed by atoms with van der Waals surface area (Å²) in [6, 6.07) is 10.8. The van der Waals surface area contributed by atoms with Crippen LogP contribution in [0, 0.1) is 10.1 Å². The van der Waals surface area contributed by atoms with Gasteiger partial charge in [0.1, 0.15) is 6.54 Å². The Kier molecular flexibility index (Phi) is 5.65. The fraction of sp³-hybridized carbons (Fsp3) is 0.133. The molecule has 0 radical (unpaired) electrons. The SMILES string of the molecule is CSc1ccc(S(=O)(=O)N(CC(=O)O)c2cccc([N+](=O)[O-])c2)cc1. The highest BCUT2D eigenvalue weighted by Crippen LogP contribution is 2.27. The lowest BCUT2D eigenvalue weighted by molar-refractivity contribution is -0.384. The van der Waals surface area contributed by atoms with Crippen molar-refractivity contribution in [2.45, 2.75) is 9.79 Å². The number of benzene rings is 2. The molecular formula is C15H14N2O6S2. The fourth-order valence-corrected chi connectivity index (χ4v) is 3.89. The smallest absolute Gasteiger partial charge is 0.324 e. The second kappa shape index (κ2) is 7.53. The predicted molar refractivity (Wildman–Crippen MR) is 93.5 cm³/mol. The van der Waals surface area contributed by atoms with Gasteiger partial charge < -0.3 is 5.11 Å². The maximum absolute atomic E-state index is 12.8. The first kappa shape index (κ1) is 18.7. The lowest BCUT2D eigenvalue weighted by atomic mass is 10.3. The van der Waals surface area contributed by atoms with E-state index < -0.39 is 27.5 Å². The summed E-state index contributed by atoms with van der Waals surface area (Å²) < 4.78 is 26.3. The molecular weight excluding hydrogens is 368 g/mol. The number of rotatable bonds is 7. The molecule has 0 aromatic heterocycles. The van der Waals surface area contributed by atoms with Gasteiger partial charge in [0.15, 0.2) is 0 Å². The maximum atomic E-state index is 12.8. The summed E-state index contributed by atoms with van der Waals surface area (Å²) in [6.07, 6.45) is 1.84. The van der Waals surface area contributed by atoms with Crippen molar-refractivity contribution in [3.05, 3.63) is 58.6 Å². The Morgan fingerprint density at radius 3 is 2.40 bits per heavy atom. The van der Waals surface area contributed by atoms with Crippen molar-refractivity contribution in [1.29, 1.82) is 0 Å². The third-order valence-corrected chi connectivity index (χ3v) is 5.79. The second-order valence-corrected chi connectivity index (χ2v) is 7.60. The van der Waals surface area contributed by atoms with Crippen molar-refractivity contribution >= 4 is 39.1 Å². The van der Waals surface area contributed by atoms with Gasteiger partial charge in [-0.2, -0.15) is 0 Å². The average molecular weight is 382 g/mol. The number of anilines is 1. The first-order valence-electron chi connectivity index (χ1n) is 6.89. The molecule has 0 aliphatic rings. The van der Waals surface area contributed by atoms with E-state index in [9.17, 15) is 23.3 Å². The molecule has 10 heteroatoms. The van der Waals surface area contributed by atoms with E-state index >= 15 is 0 Å². The Labute approximate surface area is 148 Å². The molecule has 25 heavy (non-hydrogen) atoms. The topological polar surface area (TPSA) is 118 Å². The number of non-ortho nitro benzene ring substituents is 1. The first-order chi connectivity index (χ1) is 11.8. The molecule has 0 amide bonds. The minimum absolute atomic E-state index is 0.0921. The van der Waals surface area contributed by atoms with Crippen molar-refractivity contribution in [2.75, 3.05) is 17.1 Å². The number of nitro groups is 1. The molecule has 0 aliphatic heterocycles. The van der Waals surface area contributed by atoms with E-state index in [1.165, 1.54) is 42.1 Å². The predicted octanol–water partition coefficient (Wildman–Crippen LogP) is 2.60. The average Bonchev–Trinajstić information content (AvgIpc) is 2.59. The third-order valence-electron chi connectivity index (χ3n) is 3.25. The molecule has 0 fully saturated rings. The Hall–Kier alpha value is -2.59. The molecule has 0 atom stereocenters. The Morgan fingerprint density at radius 2 is 1.88 bits per heavy atom. The van der Waals surface area contributed by atoms with E-state index in [1.807, 2.05) is 6.26 Å². The third kappa shape index (κ3) is 4.28. The summed E-state index contributed by atoms with van der Waals surface area (Å²) in [5, 5.41) is 20.0. The molecule has 0 spiro atoms. The number of carboxylic acid groups (broad SMARTS) is 1. The highest BCUT2D eigenvalue weighted by Gasteiger charge is 2.28. The lowest BCUT2D eigenvalue weighted by Crippen LogP contribution is -2.35. The van der Waals surface area contributed by atoms with Crippen LogP contribution in [0.2, 0.25) is 0 Å². The number of hydrogen-bond acceptors (Lipinski definition) is 6. The van der Waals surface area contributed by atoms with Gasteiger partial charge in [0.2, 0.25) is 0 Å². The summed E-state index contributed by atoms with van der Waals surface area (Å²) in [5.74, 6) is -1.38. The minimum atomic E-state index is -4.20. The first-order valence-corrected chi connectivity index (χ1v) is 9.55. The zero-order chi connectivity index (χ0) is 18.6. The van der Waals surface area contributed by atoms with Gasteiger partial charge in [-0.1, -0.05) is 6.07 Å². The largest absolute Gasteiger partial charge is 0.480 e. The number of nitrogens with zero attached hydrogens (tertiary/aromatic N) is 2. The molecule has 0 saturated heterocycles. The fourth-order valence-electron chi connectivity index (χ4n) is 2.07. The van der Waals surface area contributed by atoms with Crippen LogP contribution in [0.5, 0.6) is 0 Å². The molecule has 0 aliphatic carbocycles. The van der Waals surface area contributed by atoms with Crippen LogP contribution in [0.25, 0.3) is 0 Å². The number of hydrogen-bond donors (Lipinski definition) is 1. The van der Waals surface area contributed by atoms with E-state index in [0.29, 0.717) is 4.31 Å². The van der Waals surface area contributed by atoms with Gasteiger partial charge in [0.05, 0.1) is 15.5 Å². The molecule has 132 valence electrons. The van der Waals surface area contributed by atoms with Gasteiger partial charge in [-0.15, -0.1) is 11.8 Å². The molecule has 0 bridgehead atoms. The monoisotopic (exact) mass is 382 g/mol. The Bertz CT molecular complexity index is 896. The van der Waals surface area contributed by atoms with Gasteiger partial charge in [0, 0.05) is 17.0 Å². The van der Waals surface area contributed by atoms with Crippen LogP contribution < -0.4 is 4.31 Å². The number of nitro benzene ring substituents is 1. The number of carbonyl (C=O) groups is 1. The van der Waals surface area contributed by atoms with Gasteiger partial charge >= 0.3 is 5.97 Å². The highest BCUT2D eigenvalue weighted by atomic mass is 32.2. The zero-order valence-electron chi connectivity index (χ0n) is 13.0. The van der Waals surface area contributed by atoms with Crippen LogP contribution in [-0.2, 0) is 14.8 Å². The summed E-state index contributed by atoms with van der Waals surface area (Å²) in [4.78, 5) is 22.1. The normalized spacial score (nSPS) is 11.1. The Morgan fingerprint density at radius 1 is 1.24 bits per heavy atom. The molecule has 0 unspecified atom stereocenters. The van der Waals surface area contributed by atoms with Gasteiger partial charge in [0.25, 0.3) is 15.7 Å². The highest BCUT2D eigenvalue weighted by molar-refractivity contribution is 7.98. The molecule has 0 heterocycles. The zero-order valence-corrected chi connectivity index (χ0v) is 14.7. The summed E-state index contributed by atoms with van der Waals surface area (Å²) in [5.41, 5.74) is -0.425. The molecule has 8 nitrogen and oxygen atoms in total. The maximum Gasteiger partial charge on any atom is 0.324 e. The van der Waals surface area contributed by atoms with Crippen LogP contribution in [0.15, 0.2) is 58.3 Å². The second-order valence-electron chi connectivity index (χ2n) is 4.86. The van der Waals surface area contributed by atoms with Gasteiger partial charge in [-0.25, -0.2) is 8.42 Å². The van der Waals surface area contributed by atoms with E-state index in [4.69, 9.17) is 5.11 Å². The van der Waals surface area contributed by atoms with Crippen LogP contribution >= 0.6 is 11.8 Å². The summed E-state index contributed by atoms with van der Waals surface area (Å²) in [7, 11) is -4.20.